The molecule has 0 bridgehead atoms. The van der Waals surface area contributed by atoms with Crippen molar-refractivity contribution in [1.29, 1.82) is 0 Å². The van der Waals surface area contributed by atoms with E-state index < -0.39 is 27.8 Å². The van der Waals surface area contributed by atoms with Crippen LogP contribution in [-0.4, -0.2) is 73.5 Å². The van der Waals surface area contributed by atoms with Gasteiger partial charge in [0.05, 0.1) is 17.2 Å². The van der Waals surface area contributed by atoms with Crippen LogP contribution in [0.5, 0.6) is 5.75 Å². The minimum Gasteiger partial charge on any atom is -0.403 e. The summed E-state index contributed by atoms with van der Waals surface area (Å²) in [7, 11) is 0.909. The molecule has 0 amide bonds. The van der Waals surface area contributed by atoms with E-state index in [0.29, 0.717) is 36.4 Å². The molecular weight excluding hydrogens is 584 g/mol. The molecule has 0 unspecified atom stereocenters. The summed E-state index contributed by atoms with van der Waals surface area (Å²) in [4.78, 5) is 9.07. The highest BCUT2D eigenvalue weighted by Crippen LogP contribution is 2.33. The average molecular weight is 619 g/mol. The summed E-state index contributed by atoms with van der Waals surface area (Å²) in [6.45, 7) is 5.26. The topological polar surface area (TPSA) is 67.7 Å². The van der Waals surface area contributed by atoms with Crippen LogP contribution < -0.4 is 9.64 Å². The summed E-state index contributed by atoms with van der Waals surface area (Å²) in [5.74, 6) is -1.72. The first-order chi connectivity index (χ1) is 20.1. The van der Waals surface area contributed by atoms with Crippen LogP contribution in [0, 0.1) is 5.82 Å². The van der Waals surface area contributed by atoms with E-state index in [2.05, 4.69) is 23.5 Å². The second-order valence-electron chi connectivity index (χ2n) is 11.7. The summed E-state index contributed by atoms with van der Waals surface area (Å²) in [5.41, 5.74) is 4.00. The molecule has 0 saturated carbocycles. The fraction of sp³-hybridized carbons (Fsp3) is 0.387. The van der Waals surface area contributed by atoms with E-state index in [9.17, 15) is 26.0 Å². The van der Waals surface area contributed by atoms with Gasteiger partial charge in [0.15, 0.2) is 21.4 Å². The molecule has 0 spiro atoms. The highest BCUT2D eigenvalue weighted by molar-refractivity contribution is 7.91. The summed E-state index contributed by atoms with van der Waals surface area (Å²) in [6, 6.07) is 14.8. The first-order valence-electron chi connectivity index (χ1n) is 13.9. The average Bonchev–Trinajstić information content (AvgIpc) is 3.30. The largest absolute Gasteiger partial charge is 0.573 e. The molecule has 1 aliphatic heterocycles. The first kappa shape index (κ1) is 30.8. The number of aromatic nitrogens is 2. The number of sulfone groups is 1. The van der Waals surface area contributed by atoms with E-state index in [4.69, 9.17) is 4.98 Å². The number of nitrogens with zero attached hydrogens (tertiary/aromatic N) is 4. The smallest absolute Gasteiger partial charge is 0.403 e. The van der Waals surface area contributed by atoms with Gasteiger partial charge in [-0.3, -0.25) is 4.90 Å². The van der Waals surface area contributed by atoms with Crippen LogP contribution in [0.25, 0.3) is 28.0 Å². The number of aryl methyl sites for hydroxylation is 1. The van der Waals surface area contributed by atoms with Crippen molar-refractivity contribution in [2.75, 3.05) is 43.6 Å². The van der Waals surface area contributed by atoms with E-state index in [1.54, 1.807) is 6.07 Å². The second kappa shape index (κ2) is 11.5. The molecule has 0 radical (unpaired) electrons. The zero-order chi connectivity index (χ0) is 31.2. The number of pyridine rings is 1. The predicted molar refractivity (Wildman–Crippen MR) is 160 cm³/mol. The Morgan fingerprint density at radius 3 is 2.37 bits per heavy atom. The standard InChI is InChI=1S/C31H34F4N4O3S/c1-30(2,38-14-16-43(40,41)17-15-38)13-12-22-20-39(24-7-5-6-23(19-24)37(3)4)29-25(22)9-10-27(36-29)21-8-11-28(26(32)18-21)42-31(33,34)35/h5-11,18-20H,12-17H2,1-4H3. The van der Waals surface area contributed by atoms with Gasteiger partial charge in [0.2, 0.25) is 0 Å². The van der Waals surface area contributed by atoms with Gasteiger partial charge < -0.3 is 14.2 Å². The van der Waals surface area contributed by atoms with E-state index in [1.165, 1.54) is 6.07 Å². The molecule has 230 valence electrons. The van der Waals surface area contributed by atoms with E-state index in [1.807, 2.05) is 60.1 Å². The van der Waals surface area contributed by atoms with Crippen molar-refractivity contribution in [3.63, 3.8) is 0 Å². The number of hydrogen-bond acceptors (Lipinski definition) is 6. The fourth-order valence-corrected chi connectivity index (χ4v) is 6.63. The van der Waals surface area contributed by atoms with Gasteiger partial charge in [-0.25, -0.2) is 17.8 Å². The molecule has 0 atom stereocenters. The summed E-state index contributed by atoms with van der Waals surface area (Å²) in [5, 5.41) is 0.897. The summed E-state index contributed by atoms with van der Waals surface area (Å²) in [6.07, 6.45) is -1.49. The molecule has 3 heterocycles. The lowest BCUT2D eigenvalue weighted by Crippen LogP contribution is -2.51. The van der Waals surface area contributed by atoms with Crippen molar-refractivity contribution in [3.05, 3.63) is 72.2 Å². The van der Waals surface area contributed by atoms with Gasteiger partial charge in [-0.2, -0.15) is 0 Å². The third-order valence-electron chi connectivity index (χ3n) is 8.02. The van der Waals surface area contributed by atoms with Crippen LogP contribution in [0.4, 0.5) is 23.2 Å². The van der Waals surface area contributed by atoms with Gasteiger partial charge in [-0.1, -0.05) is 6.07 Å². The monoisotopic (exact) mass is 618 g/mol. The number of ether oxygens (including phenoxy) is 1. The normalized spacial score (nSPS) is 16.0. The van der Waals surface area contributed by atoms with Crippen LogP contribution in [0.1, 0.15) is 25.8 Å². The minimum atomic E-state index is -5.00. The van der Waals surface area contributed by atoms with Crippen LogP contribution in [0.15, 0.2) is 60.8 Å². The van der Waals surface area contributed by atoms with Crippen LogP contribution in [-0.2, 0) is 16.3 Å². The molecule has 4 aromatic rings. The molecule has 2 aromatic heterocycles. The number of halogens is 4. The summed E-state index contributed by atoms with van der Waals surface area (Å²) < 4.78 is 82.2. The van der Waals surface area contributed by atoms with E-state index in [0.717, 1.165) is 40.9 Å². The van der Waals surface area contributed by atoms with Gasteiger partial charge in [0.25, 0.3) is 0 Å². The Hall–Kier alpha value is -3.64. The van der Waals surface area contributed by atoms with Gasteiger partial charge in [0.1, 0.15) is 5.65 Å². The van der Waals surface area contributed by atoms with Crippen molar-refractivity contribution in [2.45, 2.75) is 38.6 Å². The Morgan fingerprint density at radius 2 is 1.72 bits per heavy atom. The van der Waals surface area contributed by atoms with E-state index in [-0.39, 0.29) is 17.0 Å². The number of rotatable bonds is 8. The highest BCUT2D eigenvalue weighted by atomic mass is 32.2. The maximum atomic E-state index is 14.6. The zero-order valence-electron chi connectivity index (χ0n) is 24.4. The summed E-state index contributed by atoms with van der Waals surface area (Å²) >= 11 is 0. The first-order valence-corrected chi connectivity index (χ1v) is 15.7. The van der Waals surface area contributed by atoms with Crippen LogP contribution >= 0.6 is 0 Å². The fourth-order valence-electron chi connectivity index (χ4n) is 5.43. The van der Waals surface area contributed by atoms with E-state index >= 15 is 0 Å². The van der Waals surface area contributed by atoms with Crippen LogP contribution in [0.2, 0.25) is 0 Å². The van der Waals surface area contributed by atoms with Gasteiger partial charge in [-0.05, 0) is 80.8 Å². The van der Waals surface area contributed by atoms with Crippen LogP contribution in [0.3, 0.4) is 0 Å². The molecule has 2 aromatic carbocycles. The number of alkyl halides is 3. The highest BCUT2D eigenvalue weighted by Gasteiger charge is 2.33. The lowest BCUT2D eigenvalue weighted by Gasteiger charge is -2.41. The van der Waals surface area contributed by atoms with Crippen molar-refractivity contribution in [2.24, 2.45) is 0 Å². The van der Waals surface area contributed by atoms with Crippen molar-refractivity contribution >= 4 is 26.6 Å². The molecule has 5 rings (SSSR count). The molecule has 1 saturated heterocycles. The number of anilines is 1. The quantitative estimate of drug-likeness (QED) is 0.218. The Bertz CT molecular complexity index is 1740. The lowest BCUT2D eigenvalue weighted by atomic mass is 9.93. The second-order valence-corrected chi connectivity index (χ2v) is 14.0. The molecule has 1 aliphatic rings. The molecule has 0 aliphatic carbocycles. The maximum Gasteiger partial charge on any atom is 0.573 e. The van der Waals surface area contributed by atoms with Gasteiger partial charge in [0, 0.05) is 61.2 Å². The SMILES string of the molecule is CN(C)c1cccc(-n2cc(CCC(C)(C)N3CCS(=O)(=O)CC3)c3ccc(-c4ccc(OC(F)(F)F)c(F)c4)nc32)c1. The zero-order valence-corrected chi connectivity index (χ0v) is 25.3. The van der Waals surface area contributed by atoms with Gasteiger partial charge in [-0.15, -0.1) is 13.2 Å². The molecule has 7 nitrogen and oxygen atoms in total. The lowest BCUT2D eigenvalue weighted by molar-refractivity contribution is -0.275. The molecular formula is C31H34F4N4O3S. The Morgan fingerprint density at radius 1 is 1.00 bits per heavy atom. The van der Waals surface area contributed by atoms with Crippen molar-refractivity contribution in [1.82, 2.24) is 14.5 Å². The third-order valence-corrected chi connectivity index (χ3v) is 9.63. The van der Waals surface area contributed by atoms with Crippen molar-refractivity contribution in [3.8, 4) is 22.7 Å². The molecule has 1 fully saturated rings. The third kappa shape index (κ3) is 6.96. The molecule has 12 heteroatoms. The van der Waals surface area contributed by atoms with Gasteiger partial charge >= 0.3 is 6.36 Å². The minimum absolute atomic E-state index is 0.161. The Kier molecular flexibility index (Phi) is 8.21. The Labute approximate surface area is 248 Å². The predicted octanol–water partition coefficient (Wildman–Crippen LogP) is 6.24. The molecule has 43 heavy (non-hydrogen) atoms. The molecule has 0 N–H and O–H groups in total. The van der Waals surface area contributed by atoms with Crippen molar-refractivity contribution < 1.29 is 30.7 Å². The number of hydrogen-bond donors (Lipinski definition) is 0. The number of fused-ring (bicyclic) bond motifs is 1. The number of benzene rings is 2. The Balaban J connectivity index is 1.52. The maximum absolute atomic E-state index is 14.6.